The van der Waals surface area contributed by atoms with Gasteiger partial charge in [0.1, 0.15) is 0 Å². The normalized spacial score (nSPS) is 25.2. The highest BCUT2D eigenvalue weighted by Crippen LogP contribution is 2.14. The second-order valence-electron chi connectivity index (χ2n) is 3.91. The predicted molar refractivity (Wildman–Crippen MR) is 62.8 cm³/mol. The molecule has 84 valence electrons. The first-order valence-electron chi connectivity index (χ1n) is 5.12. The number of hydrogen-bond acceptors (Lipinski definition) is 4. The minimum absolute atomic E-state index is 0.144. The van der Waals surface area contributed by atoms with Crippen molar-refractivity contribution in [3.63, 3.8) is 0 Å². The zero-order chi connectivity index (χ0) is 10.7. The molecule has 1 aromatic rings. The zero-order valence-corrected chi connectivity index (χ0v) is 10.1. The Morgan fingerprint density at radius 1 is 1.53 bits per heavy atom. The van der Waals surface area contributed by atoms with Crippen molar-refractivity contribution in [3.8, 4) is 0 Å². The lowest BCUT2D eigenvalue weighted by Crippen LogP contribution is -2.39. The van der Waals surface area contributed by atoms with E-state index in [-0.39, 0.29) is 6.04 Å². The maximum Gasteiger partial charge on any atom is 0.151 e. The molecule has 0 spiro atoms. The van der Waals surface area contributed by atoms with Gasteiger partial charge in [0.05, 0.1) is 11.5 Å². The zero-order valence-electron chi connectivity index (χ0n) is 8.48. The molecule has 0 amide bonds. The summed E-state index contributed by atoms with van der Waals surface area (Å²) in [6.45, 7) is 0.790. The third-order valence-corrected chi connectivity index (χ3v) is 5.31. The van der Waals surface area contributed by atoms with E-state index in [4.69, 9.17) is 0 Å². The molecular weight excluding hydrogens is 230 g/mol. The van der Waals surface area contributed by atoms with Crippen molar-refractivity contribution in [3.05, 3.63) is 22.4 Å². The Balaban J connectivity index is 1.85. The topological polar surface area (TPSA) is 46.2 Å². The second kappa shape index (κ2) is 4.63. The van der Waals surface area contributed by atoms with Gasteiger partial charge in [-0.05, 0) is 24.3 Å². The number of sulfone groups is 1. The van der Waals surface area contributed by atoms with Crippen LogP contribution in [0.25, 0.3) is 0 Å². The van der Waals surface area contributed by atoms with Gasteiger partial charge in [0.25, 0.3) is 0 Å². The summed E-state index contributed by atoms with van der Waals surface area (Å²) >= 11 is 1.70. The van der Waals surface area contributed by atoms with E-state index in [9.17, 15) is 8.42 Å². The molecule has 2 rings (SSSR count). The quantitative estimate of drug-likeness (QED) is 0.876. The lowest BCUT2D eigenvalue weighted by Gasteiger charge is -2.22. The fourth-order valence-electron chi connectivity index (χ4n) is 1.84. The van der Waals surface area contributed by atoms with Crippen molar-refractivity contribution in [2.24, 2.45) is 0 Å². The van der Waals surface area contributed by atoms with E-state index in [2.05, 4.69) is 11.4 Å². The highest BCUT2D eigenvalue weighted by atomic mass is 32.2. The largest absolute Gasteiger partial charge is 0.308 e. The number of thiophene rings is 1. The molecule has 0 aromatic carbocycles. The molecule has 1 aliphatic rings. The summed E-state index contributed by atoms with van der Waals surface area (Å²) in [5.41, 5.74) is 0. The van der Waals surface area contributed by atoms with E-state index in [1.165, 1.54) is 4.88 Å². The maximum atomic E-state index is 11.4. The van der Waals surface area contributed by atoms with Crippen LogP contribution in [0.2, 0.25) is 0 Å². The molecule has 1 atom stereocenters. The number of nitrogens with one attached hydrogen (secondary N) is 1. The molecule has 1 unspecified atom stereocenters. The Hall–Kier alpha value is -0.390. The van der Waals surface area contributed by atoms with Crippen LogP contribution in [-0.4, -0.2) is 26.0 Å². The third-order valence-electron chi connectivity index (χ3n) is 2.61. The van der Waals surface area contributed by atoms with Crippen LogP contribution >= 0.6 is 11.3 Å². The van der Waals surface area contributed by atoms with Gasteiger partial charge in [0.2, 0.25) is 0 Å². The molecule has 0 radical (unpaired) electrons. The minimum Gasteiger partial charge on any atom is -0.308 e. The summed E-state index contributed by atoms with van der Waals surface area (Å²) < 4.78 is 22.8. The molecule has 2 heterocycles. The molecule has 1 saturated heterocycles. The van der Waals surface area contributed by atoms with Gasteiger partial charge < -0.3 is 5.32 Å². The summed E-state index contributed by atoms with van der Waals surface area (Å²) in [4.78, 5) is 1.26. The smallest absolute Gasteiger partial charge is 0.151 e. The highest BCUT2D eigenvalue weighted by Gasteiger charge is 2.23. The Kier molecular flexibility index (Phi) is 3.43. The molecule has 5 heteroatoms. The van der Waals surface area contributed by atoms with Crippen molar-refractivity contribution in [1.82, 2.24) is 5.32 Å². The summed E-state index contributed by atoms with van der Waals surface area (Å²) in [5.74, 6) is 0.669. The first-order chi connectivity index (χ1) is 7.16. The summed E-state index contributed by atoms with van der Waals surface area (Å²) in [6, 6.07) is 4.22. The first-order valence-corrected chi connectivity index (χ1v) is 7.82. The molecule has 0 aliphatic carbocycles. The van der Waals surface area contributed by atoms with E-state index in [1.54, 1.807) is 11.3 Å². The van der Waals surface area contributed by atoms with E-state index in [0.29, 0.717) is 11.5 Å². The highest BCUT2D eigenvalue weighted by molar-refractivity contribution is 7.91. The molecule has 1 aliphatic heterocycles. The van der Waals surface area contributed by atoms with E-state index in [0.717, 1.165) is 19.4 Å². The van der Waals surface area contributed by atoms with Crippen molar-refractivity contribution in [2.45, 2.75) is 25.4 Å². The van der Waals surface area contributed by atoms with Gasteiger partial charge in [-0.1, -0.05) is 6.07 Å². The average Bonchev–Trinajstić information content (AvgIpc) is 2.65. The Morgan fingerprint density at radius 2 is 2.40 bits per heavy atom. The average molecular weight is 245 g/mol. The first kappa shape index (κ1) is 11.1. The maximum absolute atomic E-state index is 11.4. The van der Waals surface area contributed by atoms with Gasteiger partial charge in [-0.15, -0.1) is 11.3 Å². The molecule has 1 N–H and O–H groups in total. The summed E-state index contributed by atoms with van der Waals surface area (Å²) in [6.07, 6.45) is 1.77. The van der Waals surface area contributed by atoms with Gasteiger partial charge in [0.15, 0.2) is 9.84 Å². The molecule has 0 bridgehead atoms. The minimum atomic E-state index is -2.78. The van der Waals surface area contributed by atoms with Crippen molar-refractivity contribution < 1.29 is 8.42 Å². The second-order valence-corrected chi connectivity index (χ2v) is 7.17. The van der Waals surface area contributed by atoms with Gasteiger partial charge >= 0.3 is 0 Å². The van der Waals surface area contributed by atoms with E-state index in [1.807, 2.05) is 11.4 Å². The fourth-order valence-corrected chi connectivity index (χ4v) is 4.17. The fraction of sp³-hybridized carbons (Fsp3) is 0.600. The van der Waals surface area contributed by atoms with E-state index >= 15 is 0 Å². The Bertz CT molecular complexity index is 397. The lowest BCUT2D eigenvalue weighted by molar-refractivity contribution is 0.482. The third kappa shape index (κ3) is 3.29. The van der Waals surface area contributed by atoms with E-state index < -0.39 is 9.84 Å². The van der Waals surface area contributed by atoms with Crippen LogP contribution in [0.5, 0.6) is 0 Å². The van der Waals surface area contributed by atoms with Crippen molar-refractivity contribution in [1.29, 1.82) is 0 Å². The SMILES string of the molecule is O=S1(=O)CCCC(NCc2cccs2)C1. The van der Waals surface area contributed by atoms with Crippen LogP contribution in [0.1, 0.15) is 17.7 Å². The number of rotatable bonds is 3. The Morgan fingerprint density at radius 3 is 3.07 bits per heavy atom. The summed E-state index contributed by atoms with van der Waals surface area (Å²) in [5, 5.41) is 5.35. The monoisotopic (exact) mass is 245 g/mol. The Labute approximate surface area is 94.4 Å². The number of hydrogen-bond donors (Lipinski definition) is 1. The van der Waals surface area contributed by atoms with Crippen LogP contribution < -0.4 is 5.32 Å². The molecule has 3 nitrogen and oxygen atoms in total. The molecular formula is C10H15NO2S2. The van der Waals surface area contributed by atoms with Crippen LogP contribution in [-0.2, 0) is 16.4 Å². The molecule has 15 heavy (non-hydrogen) atoms. The van der Waals surface area contributed by atoms with Crippen LogP contribution in [0.4, 0.5) is 0 Å². The standard InChI is InChI=1S/C10H15NO2S2/c12-15(13)6-2-3-9(8-15)11-7-10-4-1-5-14-10/h1,4-5,9,11H,2-3,6-8H2. The molecule has 0 saturated carbocycles. The predicted octanol–water partition coefficient (Wildman–Crippen LogP) is 1.41. The van der Waals surface area contributed by atoms with Crippen molar-refractivity contribution >= 4 is 21.2 Å². The van der Waals surface area contributed by atoms with Crippen LogP contribution in [0.3, 0.4) is 0 Å². The van der Waals surface area contributed by atoms with Crippen LogP contribution in [0.15, 0.2) is 17.5 Å². The molecule has 1 fully saturated rings. The van der Waals surface area contributed by atoms with Gasteiger partial charge in [-0.25, -0.2) is 8.42 Å². The molecule has 1 aromatic heterocycles. The van der Waals surface area contributed by atoms with Crippen LogP contribution in [0, 0.1) is 0 Å². The van der Waals surface area contributed by atoms with Gasteiger partial charge in [0, 0.05) is 17.5 Å². The van der Waals surface area contributed by atoms with Gasteiger partial charge in [-0.2, -0.15) is 0 Å². The van der Waals surface area contributed by atoms with Gasteiger partial charge in [-0.3, -0.25) is 0 Å². The lowest BCUT2D eigenvalue weighted by atomic mass is 10.2. The summed E-state index contributed by atoms with van der Waals surface area (Å²) in [7, 11) is -2.78. The van der Waals surface area contributed by atoms with Crippen molar-refractivity contribution in [2.75, 3.05) is 11.5 Å².